The Hall–Kier alpha value is -1.60. The normalized spacial score (nSPS) is 16.9. The molecule has 0 amide bonds. The molecule has 1 heterocycles. The third-order valence-corrected chi connectivity index (χ3v) is 6.08. The Morgan fingerprint density at radius 3 is 2.52 bits per heavy atom. The average Bonchev–Trinajstić information content (AvgIpc) is 2.64. The fraction of sp³-hybridized carbons (Fsp3) is 0.400. The largest absolute Gasteiger partial charge is 0.484 e. The number of hydrogen-bond donors (Lipinski definition) is 1. The number of benzene rings is 2. The van der Waals surface area contributed by atoms with Crippen molar-refractivity contribution in [3.8, 4) is 5.75 Å². The first-order valence-corrected chi connectivity index (χ1v) is 11.1. The summed E-state index contributed by atoms with van der Waals surface area (Å²) in [7, 11) is -3.79. The topological polar surface area (TPSA) is 72.6 Å². The van der Waals surface area contributed by atoms with Gasteiger partial charge < -0.3 is 4.74 Å². The van der Waals surface area contributed by atoms with E-state index >= 15 is 0 Å². The highest BCUT2D eigenvalue weighted by molar-refractivity contribution is 7.89. The second kappa shape index (κ2) is 8.61. The molecule has 1 fully saturated rings. The van der Waals surface area contributed by atoms with Gasteiger partial charge in [-0.1, -0.05) is 42.3 Å². The molecule has 0 spiro atoms. The molecule has 1 aliphatic rings. The van der Waals surface area contributed by atoms with Crippen LogP contribution in [0.5, 0.6) is 5.75 Å². The Bertz CT molecular complexity index is 896. The lowest BCUT2D eigenvalue weighted by atomic mass is 10.0. The van der Waals surface area contributed by atoms with E-state index in [0.29, 0.717) is 5.75 Å². The highest BCUT2D eigenvalue weighted by Crippen LogP contribution is 2.32. The molecule has 1 saturated heterocycles. The predicted octanol–water partition coefficient (Wildman–Crippen LogP) is 4.11. The van der Waals surface area contributed by atoms with Crippen LogP contribution in [0.15, 0.2) is 47.4 Å². The lowest BCUT2D eigenvalue weighted by Gasteiger charge is -2.28. The van der Waals surface area contributed by atoms with Gasteiger partial charge in [0.1, 0.15) is 11.9 Å². The summed E-state index contributed by atoms with van der Waals surface area (Å²) >= 11 is 6.21. The molecular weight excluding hydrogens is 384 g/mol. The number of sulfonamides is 1. The zero-order valence-electron chi connectivity index (χ0n) is 15.4. The third-order valence-electron chi connectivity index (χ3n) is 4.87. The lowest BCUT2D eigenvalue weighted by molar-refractivity contribution is 0.207. The van der Waals surface area contributed by atoms with Gasteiger partial charge in [-0.3, -0.25) is 4.90 Å². The SMILES string of the molecule is C[C@@H](Oc1ccc(S(N)(=O)=O)cc1Cl)c1ccccc1CN1CCCCC1. The number of nitrogens with zero attached hydrogens (tertiary/aromatic N) is 1. The molecule has 0 saturated carbocycles. The summed E-state index contributed by atoms with van der Waals surface area (Å²) in [5.74, 6) is 0.435. The lowest BCUT2D eigenvalue weighted by Crippen LogP contribution is -2.29. The van der Waals surface area contributed by atoms with E-state index < -0.39 is 10.0 Å². The molecule has 2 aromatic carbocycles. The standard InChI is InChI=1S/C20H25ClN2O3S/c1-15(26-20-10-9-17(13-19(20)21)27(22,24)25)18-8-4-3-7-16(18)14-23-11-5-2-6-12-23/h3-4,7-10,13,15H,2,5-6,11-12,14H2,1H3,(H2,22,24,25)/t15-/m1/s1. The van der Waals surface area contributed by atoms with Crippen LogP contribution in [0.4, 0.5) is 0 Å². The van der Waals surface area contributed by atoms with Gasteiger partial charge in [-0.15, -0.1) is 0 Å². The zero-order chi connectivity index (χ0) is 19.4. The minimum Gasteiger partial charge on any atom is -0.484 e. The van der Waals surface area contributed by atoms with Crippen LogP contribution in [0.25, 0.3) is 0 Å². The summed E-state index contributed by atoms with van der Waals surface area (Å²) in [5, 5.41) is 5.37. The Morgan fingerprint density at radius 2 is 1.85 bits per heavy atom. The van der Waals surface area contributed by atoms with E-state index in [1.807, 2.05) is 19.1 Å². The molecule has 0 aromatic heterocycles. The number of halogens is 1. The highest BCUT2D eigenvalue weighted by atomic mass is 35.5. The number of piperidine rings is 1. The molecule has 27 heavy (non-hydrogen) atoms. The molecule has 0 bridgehead atoms. The molecular formula is C20H25ClN2O3S. The van der Waals surface area contributed by atoms with Gasteiger partial charge in [0, 0.05) is 6.54 Å². The second-order valence-electron chi connectivity index (χ2n) is 6.93. The number of primary sulfonamides is 1. The van der Waals surface area contributed by atoms with Gasteiger partial charge in [0.25, 0.3) is 0 Å². The van der Waals surface area contributed by atoms with Crippen LogP contribution in [-0.2, 0) is 16.6 Å². The van der Waals surface area contributed by atoms with E-state index in [-0.39, 0.29) is 16.0 Å². The first-order valence-electron chi connectivity index (χ1n) is 9.14. The highest BCUT2D eigenvalue weighted by Gasteiger charge is 2.18. The molecule has 2 aromatic rings. The quantitative estimate of drug-likeness (QED) is 0.780. The summed E-state index contributed by atoms with van der Waals surface area (Å²) in [4.78, 5) is 2.45. The average molecular weight is 409 g/mol. The zero-order valence-corrected chi connectivity index (χ0v) is 17.0. The number of likely N-dealkylation sites (tertiary alicyclic amines) is 1. The fourth-order valence-corrected chi connectivity index (χ4v) is 4.27. The van der Waals surface area contributed by atoms with Crippen molar-refractivity contribution in [1.82, 2.24) is 4.90 Å². The summed E-state index contributed by atoms with van der Waals surface area (Å²) in [6.45, 7) is 5.13. The summed E-state index contributed by atoms with van der Waals surface area (Å²) in [5.41, 5.74) is 2.35. The van der Waals surface area contributed by atoms with E-state index in [4.69, 9.17) is 21.5 Å². The van der Waals surface area contributed by atoms with Gasteiger partial charge in [-0.05, 0) is 62.2 Å². The number of ether oxygens (including phenoxy) is 1. The fourth-order valence-electron chi connectivity index (χ4n) is 3.44. The molecule has 2 N–H and O–H groups in total. The molecule has 0 unspecified atom stereocenters. The monoisotopic (exact) mass is 408 g/mol. The van der Waals surface area contributed by atoms with Crippen LogP contribution >= 0.6 is 11.6 Å². The maximum Gasteiger partial charge on any atom is 0.238 e. The van der Waals surface area contributed by atoms with E-state index in [2.05, 4.69) is 17.0 Å². The summed E-state index contributed by atoms with van der Waals surface area (Å²) < 4.78 is 28.9. The minimum absolute atomic E-state index is 0.0296. The summed E-state index contributed by atoms with van der Waals surface area (Å²) in [6, 6.07) is 12.5. The van der Waals surface area contributed by atoms with Crippen molar-refractivity contribution in [1.29, 1.82) is 0 Å². The van der Waals surface area contributed by atoms with Crippen molar-refractivity contribution >= 4 is 21.6 Å². The van der Waals surface area contributed by atoms with Crippen LogP contribution in [0, 0.1) is 0 Å². The van der Waals surface area contributed by atoms with Gasteiger partial charge in [0.2, 0.25) is 10.0 Å². The molecule has 0 aliphatic carbocycles. The molecule has 0 radical (unpaired) electrons. The first-order chi connectivity index (χ1) is 12.8. The van der Waals surface area contributed by atoms with Gasteiger partial charge >= 0.3 is 0 Å². The van der Waals surface area contributed by atoms with Crippen molar-refractivity contribution in [2.45, 2.75) is 43.7 Å². The maximum atomic E-state index is 11.4. The van der Waals surface area contributed by atoms with Crippen molar-refractivity contribution in [2.75, 3.05) is 13.1 Å². The van der Waals surface area contributed by atoms with Gasteiger partial charge in [-0.25, -0.2) is 13.6 Å². The van der Waals surface area contributed by atoms with Crippen molar-refractivity contribution in [3.63, 3.8) is 0 Å². The minimum atomic E-state index is -3.79. The third kappa shape index (κ3) is 5.23. The van der Waals surface area contributed by atoms with Crippen molar-refractivity contribution < 1.29 is 13.2 Å². The number of hydrogen-bond acceptors (Lipinski definition) is 4. The Kier molecular flexibility index (Phi) is 6.42. The molecule has 3 rings (SSSR count). The molecule has 1 atom stereocenters. The summed E-state index contributed by atoms with van der Waals surface area (Å²) in [6.07, 6.45) is 3.59. The Balaban J connectivity index is 1.77. The second-order valence-corrected chi connectivity index (χ2v) is 8.90. The Morgan fingerprint density at radius 1 is 1.15 bits per heavy atom. The van der Waals surface area contributed by atoms with Gasteiger partial charge in [0.15, 0.2) is 0 Å². The van der Waals surface area contributed by atoms with Crippen LogP contribution in [-0.4, -0.2) is 26.4 Å². The van der Waals surface area contributed by atoms with Gasteiger partial charge in [0.05, 0.1) is 9.92 Å². The van der Waals surface area contributed by atoms with Crippen molar-refractivity contribution in [2.24, 2.45) is 5.14 Å². The number of nitrogens with two attached hydrogens (primary N) is 1. The maximum absolute atomic E-state index is 11.4. The molecule has 1 aliphatic heterocycles. The van der Waals surface area contributed by atoms with E-state index in [9.17, 15) is 8.42 Å². The van der Waals surface area contributed by atoms with E-state index in [0.717, 1.165) is 25.2 Å². The van der Waals surface area contributed by atoms with Crippen molar-refractivity contribution in [3.05, 3.63) is 58.6 Å². The van der Waals surface area contributed by atoms with Crippen LogP contribution in [0.1, 0.15) is 43.4 Å². The number of rotatable bonds is 6. The smallest absolute Gasteiger partial charge is 0.238 e. The van der Waals surface area contributed by atoms with Crippen LogP contribution in [0.2, 0.25) is 5.02 Å². The molecule has 5 nitrogen and oxygen atoms in total. The molecule has 7 heteroatoms. The van der Waals surface area contributed by atoms with Gasteiger partial charge in [-0.2, -0.15) is 0 Å². The molecule has 146 valence electrons. The Labute approximate surface area is 166 Å². The van der Waals surface area contributed by atoms with Crippen LogP contribution < -0.4 is 9.88 Å². The van der Waals surface area contributed by atoms with E-state index in [1.54, 1.807) is 6.07 Å². The van der Waals surface area contributed by atoms with E-state index in [1.165, 1.54) is 37.0 Å². The predicted molar refractivity (Wildman–Crippen MR) is 107 cm³/mol. The first kappa shape index (κ1) is 20.1. The van der Waals surface area contributed by atoms with Crippen LogP contribution in [0.3, 0.4) is 0 Å².